The lowest BCUT2D eigenvalue weighted by Crippen LogP contribution is -2.48. The van der Waals surface area contributed by atoms with Gasteiger partial charge in [-0.05, 0) is 46.8 Å². The van der Waals surface area contributed by atoms with Crippen molar-refractivity contribution in [2.75, 3.05) is 6.54 Å². The maximum absolute atomic E-state index is 5.92. The van der Waals surface area contributed by atoms with Crippen LogP contribution in [0.2, 0.25) is 0 Å². The van der Waals surface area contributed by atoms with Crippen LogP contribution in [0.4, 0.5) is 0 Å². The van der Waals surface area contributed by atoms with Crippen LogP contribution >= 0.6 is 27.7 Å². The summed E-state index contributed by atoms with van der Waals surface area (Å²) in [6, 6.07) is 8.39. The fourth-order valence-electron chi connectivity index (χ4n) is 2.00. The average molecular weight is 286 g/mol. The van der Waals surface area contributed by atoms with Gasteiger partial charge in [-0.25, -0.2) is 0 Å². The maximum Gasteiger partial charge on any atom is 0.0355 e. The van der Waals surface area contributed by atoms with Crippen molar-refractivity contribution in [3.63, 3.8) is 0 Å². The third-order valence-corrected chi connectivity index (χ3v) is 6.10. The minimum absolute atomic E-state index is 0.282. The maximum atomic E-state index is 5.92. The van der Waals surface area contributed by atoms with Gasteiger partial charge in [0.1, 0.15) is 0 Å². The number of nitrogens with two attached hydrogens (primary N) is 1. The van der Waals surface area contributed by atoms with Crippen LogP contribution in [0.25, 0.3) is 0 Å². The molecule has 1 nitrogen and oxygen atoms in total. The van der Waals surface area contributed by atoms with Crippen LogP contribution in [0.5, 0.6) is 0 Å². The van der Waals surface area contributed by atoms with E-state index >= 15 is 0 Å². The largest absolute Gasteiger partial charge is 0.329 e. The highest BCUT2D eigenvalue weighted by atomic mass is 79.9. The summed E-state index contributed by atoms with van der Waals surface area (Å²) in [6.07, 6.45) is 2.56. The molecule has 3 heteroatoms. The summed E-state index contributed by atoms with van der Waals surface area (Å²) in [5.41, 5.74) is 5.92. The Morgan fingerprint density at radius 3 is 2.73 bits per heavy atom. The van der Waals surface area contributed by atoms with E-state index in [1.165, 1.54) is 22.2 Å². The zero-order valence-corrected chi connectivity index (χ0v) is 11.3. The Hall–Kier alpha value is 0.01000. The van der Waals surface area contributed by atoms with Gasteiger partial charge in [0.05, 0.1) is 0 Å². The van der Waals surface area contributed by atoms with E-state index in [-0.39, 0.29) is 4.75 Å². The lowest BCUT2D eigenvalue weighted by Gasteiger charge is -2.47. The Balaban J connectivity index is 2.17. The first-order valence-electron chi connectivity index (χ1n) is 5.31. The van der Waals surface area contributed by atoms with Gasteiger partial charge in [-0.1, -0.05) is 19.1 Å². The minimum atomic E-state index is 0.282. The summed E-state index contributed by atoms with van der Waals surface area (Å²) >= 11 is 5.53. The van der Waals surface area contributed by atoms with Crippen molar-refractivity contribution in [1.82, 2.24) is 0 Å². The molecule has 2 rings (SSSR count). The second-order valence-electron chi connectivity index (χ2n) is 4.24. The van der Waals surface area contributed by atoms with Gasteiger partial charge in [0.25, 0.3) is 0 Å². The Labute approximate surface area is 104 Å². The van der Waals surface area contributed by atoms with Crippen LogP contribution in [-0.2, 0) is 0 Å². The molecule has 0 bridgehead atoms. The van der Waals surface area contributed by atoms with Gasteiger partial charge in [-0.3, -0.25) is 0 Å². The van der Waals surface area contributed by atoms with Crippen molar-refractivity contribution in [2.24, 2.45) is 11.7 Å². The Kier molecular flexibility index (Phi) is 3.43. The molecule has 1 aromatic carbocycles. The number of rotatable bonds is 3. The second-order valence-corrected chi connectivity index (χ2v) is 6.55. The van der Waals surface area contributed by atoms with Gasteiger partial charge in [-0.15, -0.1) is 11.8 Å². The Morgan fingerprint density at radius 1 is 1.53 bits per heavy atom. The average Bonchev–Trinajstić information content (AvgIpc) is 2.26. The summed E-state index contributed by atoms with van der Waals surface area (Å²) in [4.78, 5) is 1.31. The van der Waals surface area contributed by atoms with E-state index in [0.29, 0.717) is 0 Å². The molecule has 2 unspecified atom stereocenters. The van der Waals surface area contributed by atoms with E-state index in [2.05, 4.69) is 41.1 Å². The van der Waals surface area contributed by atoms with E-state index < -0.39 is 0 Å². The molecule has 0 heterocycles. The van der Waals surface area contributed by atoms with Crippen molar-refractivity contribution < 1.29 is 0 Å². The molecule has 2 N–H and O–H groups in total. The van der Waals surface area contributed by atoms with Crippen molar-refractivity contribution >= 4 is 27.7 Å². The van der Waals surface area contributed by atoms with Gasteiger partial charge in [0, 0.05) is 20.7 Å². The quantitative estimate of drug-likeness (QED) is 0.917. The molecule has 1 saturated carbocycles. The van der Waals surface area contributed by atoms with Gasteiger partial charge >= 0.3 is 0 Å². The van der Waals surface area contributed by atoms with Gasteiger partial charge in [-0.2, -0.15) is 0 Å². The zero-order valence-electron chi connectivity index (χ0n) is 8.87. The van der Waals surface area contributed by atoms with Crippen molar-refractivity contribution in [2.45, 2.75) is 29.4 Å². The van der Waals surface area contributed by atoms with Gasteiger partial charge in [0.15, 0.2) is 0 Å². The van der Waals surface area contributed by atoms with Crippen LogP contribution in [0.3, 0.4) is 0 Å². The van der Waals surface area contributed by atoms with Gasteiger partial charge in [0.2, 0.25) is 0 Å². The first-order valence-corrected chi connectivity index (χ1v) is 6.92. The number of thioether (sulfide) groups is 1. The summed E-state index contributed by atoms with van der Waals surface area (Å²) in [7, 11) is 0. The van der Waals surface area contributed by atoms with E-state index in [1.807, 2.05) is 17.8 Å². The number of benzene rings is 1. The monoisotopic (exact) mass is 285 g/mol. The van der Waals surface area contributed by atoms with Crippen LogP contribution in [0.15, 0.2) is 33.6 Å². The molecule has 1 fully saturated rings. The summed E-state index contributed by atoms with van der Waals surface area (Å²) in [6.45, 7) is 3.08. The number of hydrogen-bond donors (Lipinski definition) is 1. The number of halogens is 1. The highest BCUT2D eigenvalue weighted by Gasteiger charge is 2.43. The highest BCUT2D eigenvalue weighted by molar-refractivity contribution is 9.10. The van der Waals surface area contributed by atoms with Crippen LogP contribution < -0.4 is 5.73 Å². The molecule has 0 amide bonds. The van der Waals surface area contributed by atoms with E-state index in [0.717, 1.165) is 12.5 Å². The smallest absolute Gasteiger partial charge is 0.0355 e. The van der Waals surface area contributed by atoms with Crippen LogP contribution in [-0.4, -0.2) is 11.3 Å². The van der Waals surface area contributed by atoms with E-state index in [9.17, 15) is 0 Å². The minimum Gasteiger partial charge on any atom is -0.329 e. The molecular weight excluding hydrogens is 270 g/mol. The fourth-order valence-corrected chi connectivity index (χ4v) is 3.90. The molecular formula is C12H16BrNS. The molecule has 0 spiro atoms. The lowest BCUT2D eigenvalue weighted by atomic mass is 9.74. The zero-order chi connectivity index (χ0) is 10.9. The summed E-state index contributed by atoms with van der Waals surface area (Å²) in [5.74, 6) is 0.736. The highest BCUT2D eigenvalue weighted by Crippen LogP contribution is 2.52. The molecule has 0 radical (unpaired) electrons. The van der Waals surface area contributed by atoms with Crippen molar-refractivity contribution in [3.05, 3.63) is 28.7 Å². The predicted octanol–water partition coefficient (Wildman–Crippen LogP) is 3.67. The molecule has 1 aliphatic rings. The molecule has 0 saturated heterocycles. The summed E-state index contributed by atoms with van der Waals surface area (Å²) in [5, 5.41) is 0. The molecule has 15 heavy (non-hydrogen) atoms. The van der Waals surface area contributed by atoms with Gasteiger partial charge < -0.3 is 5.73 Å². The SMILES string of the molecule is CC1CCC1(CN)Sc1ccccc1Br. The first kappa shape index (κ1) is 11.5. The topological polar surface area (TPSA) is 26.0 Å². The fraction of sp³-hybridized carbons (Fsp3) is 0.500. The van der Waals surface area contributed by atoms with E-state index in [1.54, 1.807) is 0 Å². The molecule has 1 aliphatic carbocycles. The second kappa shape index (κ2) is 4.48. The molecule has 1 aromatic rings. The Bertz CT molecular complexity index is 351. The molecule has 0 aliphatic heterocycles. The third-order valence-electron chi connectivity index (χ3n) is 3.39. The molecule has 0 aromatic heterocycles. The van der Waals surface area contributed by atoms with Crippen LogP contribution in [0.1, 0.15) is 19.8 Å². The first-order chi connectivity index (χ1) is 7.18. The number of hydrogen-bond acceptors (Lipinski definition) is 2. The van der Waals surface area contributed by atoms with Crippen LogP contribution in [0, 0.1) is 5.92 Å². The Morgan fingerprint density at radius 2 is 2.27 bits per heavy atom. The predicted molar refractivity (Wildman–Crippen MR) is 70.2 cm³/mol. The van der Waals surface area contributed by atoms with E-state index in [4.69, 9.17) is 5.73 Å². The summed E-state index contributed by atoms with van der Waals surface area (Å²) < 4.78 is 1.46. The normalized spacial score (nSPS) is 29.9. The third kappa shape index (κ3) is 2.10. The van der Waals surface area contributed by atoms with Crippen molar-refractivity contribution in [3.8, 4) is 0 Å². The van der Waals surface area contributed by atoms with Crippen molar-refractivity contribution in [1.29, 1.82) is 0 Å². The molecule has 2 atom stereocenters. The lowest BCUT2D eigenvalue weighted by molar-refractivity contribution is 0.245. The standard InChI is InChI=1S/C12H16BrNS/c1-9-6-7-12(9,8-14)15-11-5-3-2-4-10(11)13/h2-5,9H,6-8,14H2,1H3. The molecule has 82 valence electrons.